The van der Waals surface area contributed by atoms with E-state index in [9.17, 15) is 9.50 Å². The van der Waals surface area contributed by atoms with E-state index < -0.39 is 11.9 Å². The lowest BCUT2D eigenvalue weighted by atomic mass is 10.0. The number of aliphatic hydroxyl groups is 1. The fraction of sp³-hybridized carbons (Fsp3) is 0.143. The van der Waals surface area contributed by atoms with Crippen LogP contribution in [0.5, 0.6) is 0 Å². The Kier molecular flexibility index (Phi) is 4.85. The molecule has 0 aliphatic rings. The van der Waals surface area contributed by atoms with Crippen LogP contribution in [0.3, 0.4) is 0 Å². The molecule has 0 aliphatic heterocycles. The van der Waals surface area contributed by atoms with Crippen LogP contribution in [0.15, 0.2) is 40.9 Å². The summed E-state index contributed by atoms with van der Waals surface area (Å²) >= 11 is 14.9. The quantitative estimate of drug-likeness (QED) is 0.745. The van der Waals surface area contributed by atoms with Crippen molar-refractivity contribution in [3.05, 3.63) is 67.9 Å². The van der Waals surface area contributed by atoms with Gasteiger partial charge in [-0.1, -0.05) is 35.3 Å². The Labute approximate surface area is 129 Å². The van der Waals surface area contributed by atoms with Crippen molar-refractivity contribution in [1.29, 1.82) is 0 Å². The lowest BCUT2D eigenvalue weighted by Gasteiger charge is -2.13. The fourth-order valence-corrected chi connectivity index (χ4v) is 2.49. The van der Waals surface area contributed by atoms with E-state index >= 15 is 0 Å². The highest BCUT2D eigenvalue weighted by atomic mass is 79.9. The zero-order valence-corrected chi connectivity index (χ0v) is 12.8. The largest absolute Gasteiger partial charge is 0.388 e. The fourth-order valence-electron chi connectivity index (χ4n) is 1.79. The maximum atomic E-state index is 13.8. The van der Waals surface area contributed by atoms with E-state index in [4.69, 9.17) is 23.2 Å². The Morgan fingerprint density at radius 2 is 1.95 bits per heavy atom. The molecule has 2 aromatic rings. The predicted molar refractivity (Wildman–Crippen MR) is 79.2 cm³/mol. The third-order valence-corrected chi connectivity index (χ3v) is 4.15. The van der Waals surface area contributed by atoms with Crippen LogP contribution < -0.4 is 0 Å². The topological polar surface area (TPSA) is 20.2 Å². The second kappa shape index (κ2) is 6.23. The van der Waals surface area contributed by atoms with Gasteiger partial charge in [0.05, 0.1) is 11.1 Å². The molecule has 0 bridgehead atoms. The molecule has 0 aromatic heterocycles. The Morgan fingerprint density at radius 1 is 1.21 bits per heavy atom. The normalized spacial score (nSPS) is 12.5. The third-order valence-electron chi connectivity index (χ3n) is 2.72. The number of hydrogen-bond donors (Lipinski definition) is 1. The number of benzene rings is 2. The van der Waals surface area contributed by atoms with Crippen molar-refractivity contribution in [3.8, 4) is 0 Å². The van der Waals surface area contributed by atoms with Crippen molar-refractivity contribution >= 4 is 39.1 Å². The van der Waals surface area contributed by atoms with E-state index in [-0.39, 0.29) is 12.0 Å². The standard InChI is InChI=1S/C14H10BrCl2FO/c15-11-7-13(18)10(6-12(11)17)14(19)5-8-2-1-3-9(16)4-8/h1-4,6-7,14,19H,5H2. The Morgan fingerprint density at radius 3 is 2.63 bits per heavy atom. The van der Waals surface area contributed by atoms with E-state index in [0.29, 0.717) is 14.5 Å². The zero-order valence-electron chi connectivity index (χ0n) is 9.71. The minimum Gasteiger partial charge on any atom is -0.388 e. The Hall–Kier alpha value is -0.610. The Bertz CT molecular complexity index is 604. The molecule has 1 unspecified atom stereocenters. The van der Waals surface area contributed by atoms with Gasteiger partial charge in [-0.05, 0) is 45.8 Å². The highest BCUT2D eigenvalue weighted by Crippen LogP contribution is 2.30. The maximum absolute atomic E-state index is 13.8. The smallest absolute Gasteiger partial charge is 0.130 e. The van der Waals surface area contributed by atoms with Gasteiger partial charge in [-0.2, -0.15) is 0 Å². The predicted octanol–water partition coefficient (Wildman–Crippen LogP) is 5.17. The first kappa shape index (κ1) is 14.8. The van der Waals surface area contributed by atoms with E-state index in [0.717, 1.165) is 5.56 Å². The van der Waals surface area contributed by atoms with Crippen LogP contribution in [0.1, 0.15) is 17.2 Å². The molecule has 19 heavy (non-hydrogen) atoms. The van der Waals surface area contributed by atoms with Gasteiger partial charge in [-0.15, -0.1) is 0 Å². The first-order valence-corrected chi connectivity index (χ1v) is 7.09. The second-order valence-corrected chi connectivity index (χ2v) is 5.84. The van der Waals surface area contributed by atoms with Crippen molar-refractivity contribution in [2.75, 3.05) is 0 Å². The van der Waals surface area contributed by atoms with Gasteiger partial charge in [0.15, 0.2) is 0 Å². The van der Waals surface area contributed by atoms with Crippen LogP contribution in [0.4, 0.5) is 4.39 Å². The average molecular weight is 364 g/mol. The molecule has 0 amide bonds. The number of hydrogen-bond acceptors (Lipinski definition) is 1. The van der Waals surface area contributed by atoms with Crippen molar-refractivity contribution in [2.24, 2.45) is 0 Å². The molecule has 1 nitrogen and oxygen atoms in total. The van der Waals surface area contributed by atoms with E-state index in [1.54, 1.807) is 18.2 Å². The van der Waals surface area contributed by atoms with Crippen LogP contribution in [0, 0.1) is 5.82 Å². The minimum atomic E-state index is -0.968. The van der Waals surface area contributed by atoms with Gasteiger partial charge in [-0.25, -0.2) is 4.39 Å². The van der Waals surface area contributed by atoms with Crippen molar-refractivity contribution < 1.29 is 9.50 Å². The van der Waals surface area contributed by atoms with Crippen LogP contribution in [0.25, 0.3) is 0 Å². The van der Waals surface area contributed by atoms with Crippen LogP contribution in [0.2, 0.25) is 10.0 Å². The summed E-state index contributed by atoms with van der Waals surface area (Å²) in [5.41, 5.74) is 1.01. The molecular weight excluding hydrogens is 354 g/mol. The monoisotopic (exact) mass is 362 g/mol. The number of aliphatic hydroxyl groups excluding tert-OH is 1. The molecular formula is C14H10BrCl2FO. The molecule has 5 heteroatoms. The molecule has 0 fully saturated rings. The summed E-state index contributed by atoms with van der Waals surface area (Å²) in [4.78, 5) is 0. The summed E-state index contributed by atoms with van der Waals surface area (Å²) in [6.07, 6.45) is -0.695. The van der Waals surface area contributed by atoms with Crippen molar-refractivity contribution in [2.45, 2.75) is 12.5 Å². The molecule has 100 valence electrons. The third kappa shape index (κ3) is 3.69. The lowest BCUT2D eigenvalue weighted by molar-refractivity contribution is 0.173. The van der Waals surface area contributed by atoms with Crippen molar-refractivity contribution in [3.63, 3.8) is 0 Å². The SMILES string of the molecule is OC(Cc1cccc(Cl)c1)c1cc(Cl)c(Br)cc1F. The van der Waals surface area contributed by atoms with Gasteiger partial charge in [0.1, 0.15) is 5.82 Å². The first-order valence-electron chi connectivity index (χ1n) is 5.54. The molecule has 2 aromatic carbocycles. The highest BCUT2D eigenvalue weighted by Gasteiger charge is 2.16. The Balaban J connectivity index is 2.25. The molecule has 2 rings (SSSR count). The molecule has 0 aliphatic carbocycles. The highest BCUT2D eigenvalue weighted by molar-refractivity contribution is 9.10. The van der Waals surface area contributed by atoms with E-state index in [2.05, 4.69) is 15.9 Å². The zero-order chi connectivity index (χ0) is 14.0. The summed E-state index contributed by atoms with van der Waals surface area (Å²) in [6, 6.07) is 9.77. The van der Waals surface area contributed by atoms with E-state index in [1.165, 1.54) is 12.1 Å². The summed E-state index contributed by atoms with van der Waals surface area (Å²) in [7, 11) is 0. The van der Waals surface area contributed by atoms with Gasteiger partial charge in [0.2, 0.25) is 0 Å². The minimum absolute atomic E-state index is 0.174. The maximum Gasteiger partial charge on any atom is 0.130 e. The van der Waals surface area contributed by atoms with Gasteiger partial charge in [0, 0.05) is 21.5 Å². The molecule has 0 heterocycles. The molecule has 0 spiro atoms. The van der Waals surface area contributed by atoms with Crippen LogP contribution >= 0.6 is 39.1 Å². The number of rotatable bonds is 3. The summed E-state index contributed by atoms with van der Waals surface area (Å²) in [5.74, 6) is -0.495. The van der Waals surface area contributed by atoms with Crippen LogP contribution in [-0.4, -0.2) is 5.11 Å². The van der Waals surface area contributed by atoms with Gasteiger partial charge in [0.25, 0.3) is 0 Å². The first-order chi connectivity index (χ1) is 8.97. The second-order valence-electron chi connectivity index (χ2n) is 4.14. The number of halogens is 4. The van der Waals surface area contributed by atoms with Crippen molar-refractivity contribution in [1.82, 2.24) is 0 Å². The summed E-state index contributed by atoms with van der Waals surface area (Å²) in [5, 5.41) is 11.0. The van der Waals surface area contributed by atoms with Crippen LogP contribution in [-0.2, 0) is 6.42 Å². The molecule has 1 atom stereocenters. The van der Waals surface area contributed by atoms with Gasteiger partial charge >= 0.3 is 0 Å². The summed E-state index contributed by atoms with van der Waals surface area (Å²) in [6.45, 7) is 0. The summed E-state index contributed by atoms with van der Waals surface area (Å²) < 4.78 is 14.3. The molecule has 0 saturated carbocycles. The van der Waals surface area contributed by atoms with Gasteiger partial charge in [-0.3, -0.25) is 0 Å². The average Bonchev–Trinajstić information content (AvgIpc) is 2.33. The molecule has 1 N–H and O–H groups in total. The molecule has 0 radical (unpaired) electrons. The molecule has 0 saturated heterocycles. The van der Waals surface area contributed by atoms with E-state index in [1.807, 2.05) is 6.07 Å². The van der Waals surface area contributed by atoms with Gasteiger partial charge < -0.3 is 5.11 Å². The lowest BCUT2D eigenvalue weighted by Crippen LogP contribution is -2.04.